The normalized spacial score (nSPS) is 17.5. The number of hydrogen-bond donors (Lipinski definition) is 1. The molecule has 1 unspecified atom stereocenters. The molecule has 1 aliphatic heterocycles. The molecule has 6 heteroatoms. The van der Waals surface area contributed by atoms with Gasteiger partial charge in [-0.1, -0.05) is 37.3 Å². The largest absolute Gasteiger partial charge is 0.376 e. The third-order valence-electron chi connectivity index (χ3n) is 5.08. The molecule has 0 radical (unpaired) electrons. The number of rotatable bonds is 9. The van der Waals surface area contributed by atoms with Crippen LogP contribution in [-0.4, -0.2) is 68.2 Å². The summed E-state index contributed by atoms with van der Waals surface area (Å²) in [6.45, 7) is 13.4. The van der Waals surface area contributed by atoms with Gasteiger partial charge in [0.1, 0.15) is 0 Å². The van der Waals surface area contributed by atoms with Crippen LogP contribution in [0.15, 0.2) is 35.3 Å². The van der Waals surface area contributed by atoms with Gasteiger partial charge >= 0.3 is 0 Å². The van der Waals surface area contributed by atoms with Crippen LogP contribution < -0.4 is 5.32 Å². The Morgan fingerprint density at radius 2 is 2.07 bits per heavy atom. The minimum absolute atomic E-state index is 0. The van der Waals surface area contributed by atoms with E-state index in [2.05, 4.69) is 65.1 Å². The number of nitrogens with zero attached hydrogens (tertiary/aromatic N) is 3. The molecule has 0 bridgehead atoms. The van der Waals surface area contributed by atoms with Crippen LogP contribution in [-0.2, 0) is 11.3 Å². The monoisotopic (exact) mass is 488 g/mol. The fourth-order valence-electron chi connectivity index (χ4n) is 3.50. The van der Waals surface area contributed by atoms with E-state index in [-0.39, 0.29) is 24.0 Å². The number of likely N-dealkylation sites (tertiary alicyclic amines) is 1. The van der Waals surface area contributed by atoms with Gasteiger partial charge in [0.15, 0.2) is 5.96 Å². The second-order valence-electron chi connectivity index (χ2n) is 7.30. The van der Waals surface area contributed by atoms with Crippen LogP contribution in [0.4, 0.5) is 0 Å². The predicted octanol–water partition coefficient (Wildman–Crippen LogP) is 3.45. The van der Waals surface area contributed by atoms with Crippen molar-refractivity contribution in [1.29, 1.82) is 0 Å². The van der Waals surface area contributed by atoms with Gasteiger partial charge in [0.25, 0.3) is 0 Å². The second-order valence-corrected chi connectivity index (χ2v) is 7.30. The molecule has 0 spiro atoms. The number of benzene rings is 1. The molecule has 27 heavy (non-hydrogen) atoms. The van der Waals surface area contributed by atoms with Crippen LogP contribution in [0, 0.1) is 5.92 Å². The number of likely N-dealkylation sites (N-methyl/N-ethyl adjacent to an activating group) is 1. The summed E-state index contributed by atoms with van der Waals surface area (Å²) in [6.07, 6.45) is 1.17. The molecular formula is C21H37IN4O. The Morgan fingerprint density at radius 3 is 2.70 bits per heavy atom. The first-order chi connectivity index (χ1) is 12.6. The Hall–Kier alpha value is -0.860. The van der Waals surface area contributed by atoms with Gasteiger partial charge in [0, 0.05) is 45.2 Å². The van der Waals surface area contributed by atoms with E-state index in [4.69, 9.17) is 4.74 Å². The van der Waals surface area contributed by atoms with Crippen LogP contribution >= 0.6 is 24.0 Å². The molecule has 1 atom stereocenters. The van der Waals surface area contributed by atoms with Crippen molar-refractivity contribution in [3.05, 3.63) is 35.9 Å². The molecule has 1 aliphatic rings. The zero-order valence-corrected chi connectivity index (χ0v) is 19.7. The lowest BCUT2D eigenvalue weighted by molar-refractivity contribution is 0.0906. The maximum atomic E-state index is 5.93. The third-order valence-corrected chi connectivity index (χ3v) is 5.08. The molecule has 0 amide bonds. The zero-order chi connectivity index (χ0) is 18.8. The van der Waals surface area contributed by atoms with Crippen molar-refractivity contribution in [2.75, 3.05) is 46.4 Å². The SMILES string of the molecule is CCN(CCNC(=NC)N1CCC(COCc2ccccc2)C1)C(C)C.I. The number of nitrogens with one attached hydrogen (secondary N) is 1. The first-order valence-corrected chi connectivity index (χ1v) is 9.95. The van der Waals surface area contributed by atoms with E-state index >= 15 is 0 Å². The number of guanidine groups is 1. The topological polar surface area (TPSA) is 40.1 Å². The molecule has 1 aromatic rings. The van der Waals surface area contributed by atoms with Gasteiger partial charge in [-0.2, -0.15) is 0 Å². The van der Waals surface area contributed by atoms with E-state index in [9.17, 15) is 0 Å². The predicted molar refractivity (Wildman–Crippen MR) is 125 cm³/mol. The maximum Gasteiger partial charge on any atom is 0.193 e. The summed E-state index contributed by atoms with van der Waals surface area (Å²) < 4.78 is 5.93. The second kappa shape index (κ2) is 13.3. The molecule has 2 rings (SSSR count). The average Bonchev–Trinajstić information content (AvgIpc) is 3.11. The van der Waals surface area contributed by atoms with Gasteiger partial charge in [-0.05, 0) is 32.4 Å². The van der Waals surface area contributed by atoms with Crippen molar-refractivity contribution in [2.45, 2.75) is 39.8 Å². The van der Waals surface area contributed by atoms with Crippen LogP contribution in [0.3, 0.4) is 0 Å². The number of hydrogen-bond acceptors (Lipinski definition) is 3. The van der Waals surface area contributed by atoms with E-state index in [1.807, 2.05) is 13.1 Å². The Bertz CT molecular complexity index is 538. The number of halogens is 1. The molecule has 1 aromatic carbocycles. The summed E-state index contributed by atoms with van der Waals surface area (Å²) in [5.74, 6) is 1.61. The average molecular weight is 488 g/mol. The fourth-order valence-corrected chi connectivity index (χ4v) is 3.50. The molecule has 5 nitrogen and oxygen atoms in total. The van der Waals surface area contributed by atoms with Crippen LogP contribution in [0.1, 0.15) is 32.8 Å². The molecule has 1 heterocycles. The lowest BCUT2D eigenvalue weighted by Gasteiger charge is -2.27. The quantitative estimate of drug-likeness (QED) is 0.329. The highest BCUT2D eigenvalue weighted by molar-refractivity contribution is 14.0. The first kappa shape index (κ1) is 24.2. The van der Waals surface area contributed by atoms with E-state index in [1.54, 1.807) is 0 Å². The first-order valence-electron chi connectivity index (χ1n) is 9.95. The Labute approximate surface area is 182 Å². The summed E-state index contributed by atoms with van der Waals surface area (Å²) >= 11 is 0. The van der Waals surface area contributed by atoms with Crippen molar-refractivity contribution in [3.63, 3.8) is 0 Å². The Morgan fingerprint density at radius 1 is 1.33 bits per heavy atom. The van der Waals surface area contributed by atoms with Crippen molar-refractivity contribution in [3.8, 4) is 0 Å². The van der Waals surface area contributed by atoms with E-state index in [0.717, 1.165) is 45.3 Å². The van der Waals surface area contributed by atoms with Crippen LogP contribution in [0.2, 0.25) is 0 Å². The number of aliphatic imine (C=N–C) groups is 1. The van der Waals surface area contributed by atoms with E-state index < -0.39 is 0 Å². The Kier molecular flexibility index (Phi) is 11.9. The van der Waals surface area contributed by atoms with Crippen molar-refractivity contribution in [1.82, 2.24) is 15.1 Å². The van der Waals surface area contributed by atoms with Gasteiger partial charge in [-0.3, -0.25) is 9.89 Å². The molecule has 0 aromatic heterocycles. The van der Waals surface area contributed by atoms with E-state index in [1.165, 1.54) is 12.0 Å². The lowest BCUT2D eigenvalue weighted by atomic mass is 10.1. The maximum absolute atomic E-state index is 5.93. The molecule has 0 aliphatic carbocycles. The van der Waals surface area contributed by atoms with Gasteiger partial charge in [-0.15, -0.1) is 24.0 Å². The van der Waals surface area contributed by atoms with Crippen molar-refractivity contribution >= 4 is 29.9 Å². The van der Waals surface area contributed by atoms with Crippen LogP contribution in [0.5, 0.6) is 0 Å². The van der Waals surface area contributed by atoms with E-state index in [0.29, 0.717) is 18.6 Å². The molecular weight excluding hydrogens is 451 g/mol. The van der Waals surface area contributed by atoms with Crippen molar-refractivity contribution in [2.24, 2.45) is 10.9 Å². The summed E-state index contributed by atoms with van der Waals surface area (Å²) in [5, 5.41) is 3.53. The van der Waals surface area contributed by atoms with Crippen LogP contribution in [0.25, 0.3) is 0 Å². The minimum Gasteiger partial charge on any atom is -0.376 e. The lowest BCUT2D eigenvalue weighted by Crippen LogP contribution is -2.44. The van der Waals surface area contributed by atoms with Gasteiger partial charge in [0.05, 0.1) is 13.2 Å². The fraction of sp³-hybridized carbons (Fsp3) is 0.667. The molecule has 0 saturated carbocycles. The standard InChI is InChI=1S/C21H36N4O.HI/c1-5-24(18(2)3)14-12-23-21(22-4)25-13-11-20(15-25)17-26-16-19-9-7-6-8-10-19;/h6-10,18,20H,5,11-17H2,1-4H3,(H,22,23);1H. The number of ether oxygens (including phenoxy) is 1. The Balaban J connectivity index is 0.00000364. The summed E-state index contributed by atoms with van der Waals surface area (Å²) in [4.78, 5) is 9.30. The van der Waals surface area contributed by atoms with Gasteiger partial charge in [-0.25, -0.2) is 0 Å². The summed E-state index contributed by atoms with van der Waals surface area (Å²) in [6, 6.07) is 11.0. The smallest absolute Gasteiger partial charge is 0.193 e. The molecule has 1 saturated heterocycles. The summed E-state index contributed by atoms with van der Waals surface area (Å²) in [5.41, 5.74) is 1.24. The minimum atomic E-state index is 0. The highest BCUT2D eigenvalue weighted by Crippen LogP contribution is 2.17. The highest BCUT2D eigenvalue weighted by atomic mass is 127. The summed E-state index contributed by atoms with van der Waals surface area (Å²) in [7, 11) is 1.88. The zero-order valence-electron chi connectivity index (χ0n) is 17.4. The molecule has 1 fully saturated rings. The molecule has 1 N–H and O–H groups in total. The highest BCUT2D eigenvalue weighted by Gasteiger charge is 2.25. The third kappa shape index (κ3) is 8.35. The van der Waals surface area contributed by atoms with Gasteiger partial charge in [0.2, 0.25) is 0 Å². The van der Waals surface area contributed by atoms with Gasteiger partial charge < -0.3 is 15.0 Å². The molecule has 154 valence electrons. The van der Waals surface area contributed by atoms with Crippen molar-refractivity contribution < 1.29 is 4.74 Å².